The molecule has 0 unspecified atom stereocenters. The largest absolute Gasteiger partial charge is 0.383 e. The van der Waals surface area contributed by atoms with Crippen LogP contribution in [-0.4, -0.2) is 60.6 Å². The van der Waals surface area contributed by atoms with E-state index in [9.17, 15) is 13.2 Å². The number of imidazole rings is 1. The predicted octanol–water partition coefficient (Wildman–Crippen LogP) is 3.00. The number of benzene rings is 2. The Hall–Kier alpha value is -3.21. The molecule has 0 fully saturated rings. The lowest BCUT2D eigenvalue weighted by Crippen LogP contribution is -2.22. The lowest BCUT2D eigenvalue weighted by Gasteiger charge is -2.10. The third kappa shape index (κ3) is 4.70. The molecule has 0 atom stereocenters. The Morgan fingerprint density at radius 2 is 1.88 bits per heavy atom. The zero-order valence-corrected chi connectivity index (χ0v) is 20.6. The second-order valence-electron chi connectivity index (χ2n) is 8.35. The molecule has 2 aromatic carbocycles. The fourth-order valence-corrected chi connectivity index (χ4v) is 4.86. The van der Waals surface area contributed by atoms with Crippen molar-refractivity contribution in [3.63, 3.8) is 0 Å². The summed E-state index contributed by atoms with van der Waals surface area (Å²) in [5.74, 6) is 0.608. The van der Waals surface area contributed by atoms with E-state index in [0.717, 1.165) is 34.5 Å². The number of fused-ring (bicyclic) bond motifs is 2. The van der Waals surface area contributed by atoms with Crippen LogP contribution in [0.2, 0.25) is 0 Å². The van der Waals surface area contributed by atoms with Gasteiger partial charge in [0.05, 0.1) is 22.5 Å². The van der Waals surface area contributed by atoms with Crippen molar-refractivity contribution in [3.8, 4) is 0 Å². The van der Waals surface area contributed by atoms with E-state index >= 15 is 0 Å². The Balaban J connectivity index is 1.44. The minimum atomic E-state index is -3.54. The quantitative estimate of drug-likeness (QED) is 0.395. The van der Waals surface area contributed by atoms with Crippen LogP contribution in [0, 0.1) is 0 Å². The number of nitrogens with zero attached hydrogens (tertiary/aromatic N) is 4. The van der Waals surface area contributed by atoms with E-state index in [-0.39, 0.29) is 17.2 Å². The van der Waals surface area contributed by atoms with E-state index < -0.39 is 10.0 Å². The van der Waals surface area contributed by atoms with Crippen molar-refractivity contribution in [1.29, 1.82) is 0 Å². The number of ether oxygens (including phenoxy) is 1. The molecule has 0 saturated carbocycles. The topological polar surface area (TPSA) is 98.5 Å². The van der Waals surface area contributed by atoms with Gasteiger partial charge < -0.3 is 19.2 Å². The van der Waals surface area contributed by atoms with Crippen molar-refractivity contribution < 1.29 is 17.9 Å². The number of aryl methyl sites for hydroxylation is 2. The number of anilines is 1. The van der Waals surface area contributed by atoms with E-state index in [1.807, 2.05) is 42.1 Å². The molecule has 0 aliphatic carbocycles. The highest BCUT2D eigenvalue weighted by molar-refractivity contribution is 7.89. The van der Waals surface area contributed by atoms with Gasteiger partial charge in [0.25, 0.3) is 0 Å². The summed E-state index contributed by atoms with van der Waals surface area (Å²) < 4.78 is 35.2. The normalized spacial score (nSPS) is 12.1. The molecular formula is C24H29N5O4S. The summed E-state index contributed by atoms with van der Waals surface area (Å²) in [6, 6.07) is 12.8. The van der Waals surface area contributed by atoms with Crippen molar-refractivity contribution >= 4 is 43.6 Å². The van der Waals surface area contributed by atoms with Crippen molar-refractivity contribution in [2.45, 2.75) is 24.3 Å². The van der Waals surface area contributed by atoms with Gasteiger partial charge in [-0.25, -0.2) is 17.7 Å². The van der Waals surface area contributed by atoms with Crippen LogP contribution in [0.5, 0.6) is 0 Å². The smallest absolute Gasteiger partial charge is 0.242 e. The maximum atomic E-state index is 12.6. The SMILES string of the molecule is COCCn1ccc2cc(NC(=O)CCc3nc4cc(S(=O)(=O)N(C)C)ccc4n3C)ccc21. The van der Waals surface area contributed by atoms with Crippen LogP contribution >= 0.6 is 0 Å². The summed E-state index contributed by atoms with van der Waals surface area (Å²) in [7, 11) is 3.00. The molecule has 1 N–H and O–H groups in total. The lowest BCUT2D eigenvalue weighted by atomic mass is 10.2. The van der Waals surface area contributed by atoms with Gasteiger partial charge in [-0.15, -0.1) is 0 Å². The molecular weight excluding hydrogens is 454 g/mol. The van der Waals surface area contributed by atoms with Crippen LogP contribution in [0.15, 0.2) is 53.6 Å². The highest BCUT2D eigenvalue weighted by Crippen LogP contribution is 2.23. The number of nitrogens with one attached hydrogen (secondary N) is 1. The maximum absolute atomic E-state index is 12.6. The Labute approximate surface area is 199 Å². The minimum Gasteiger partial charge on any atom is -0.383 e. The Morgan fingerprint density at radius 1 is 1.12 bits per heavy atom. The Kier molecular flexibility index (Phi) is 6.74. The highest BCUT2D eigenvalue weighted by Gasteiger charge is 2.19. The Bertz CT molecular complexity index is 1450. The van der Waals surface area contributed by atoms with Crippen molar-refractivity contribution in [2.75, 3.05) is 33.1 Å². The predicted molar refractivity (Wildman–Crippen MR) is 132 cm³/mol. The van der Waals surface area contributed by atoms with E-state index in [2.05, 4.69) is 14.9 Å². The molecule has 4 rings (SSSR count). The monoisotopic (exact) mass is 483 g/mol. The summed E-state index contributed by atoms with van der Waals surface area (Å²) in [6.07, 6.45) is 2.70. The fourth-order valence-electron chi connectivity index (χ4n) is 3.94. The standard InChI is InChI=1S/C24H29N5O4S/c1-27(2)34(31,32)19-6-8-22-20(16-19)26-23(28(22)3)9-10-24(30)25-18-5-7-21-17(15-18)11-12-29(21)13-14-33-4/h5-8,11-12,15-16H,9-10,13-14H2,1-4H3,(H,25,30). The molecule has 2 heterocycles. The van der Waals surface area contributed by atoms with Crippen LogP contribution in [0.25, 0.3) is 21.9 Å². The van der Waals surface area contributed by atoms with E-state index in [4.69, 9.17) is 4.74 Å². The molecule has 0 radical (unpaired) electrons. The van der Waals surface area contributed by atoms with Gasteiger partial charge in [-0.3, -0.25) is 4.79 Å². The number of sulfonamides is 1. The molecule has 4 aromatic rings. The van der Waals surface area contributed by atoms with Gasteiger partial charge in [-0.1, -0.05) is 0 Å². The minimum absolute atomic E-state index is 0.110. The molecule has 180 valence electrons. The summed E-state index contributed by atoms with van der Waals surface area (Å²) in [6.45, 7) is 1.41. The number of hydrogen-bond donors (Lipinski definition) is 1. The third-order valence-corrected chi connectivity index (χ3v) is 7.70. The van der Waals surface area contributed by atoms with Gasteiger partial charge in [0.1, 0.15) is 5.82 Å². The molecule has 1 amide bonds. The summed E-state index contributed by atoms with van der Waals surface area (Å²) >= 11 is 0. The lowest BCUT2D eigenvalue weighted by molar-refractivity contribution is -0.116. The van der Waals surface area contributed by atoms with Crippen LogP contribution in [0.4, 0.5) is 5.69 Å². The van der Waals surface area contributed by atoms with Gasteiger partial charge in [-0.05, 0) is 42.5 Å². The van der Waals surface area contributed by atoms with Gasteiger partial charge in [0.15, 0.2) is 0 Å². The van der Waals surface area contributed by atoms with Crippen molar-refractivity contribution in [3.05, 3.63) is 54.5 Å². The first-order valence-electron chi connectivity index (χ1n) is 11.0. The molecule has 10 heteroatoms. The first kappa shape index (κ1) is 23.9. The first-order valence-corrected chi connectivity index (χ1v) is 12.4. The van der Waals surface area contributed by atoms with Crippen molar-refractivity contribution in [2.24, 2.45) is 7.05 Å². The van der Waals surface area contributed by atoms with Crippen LogP contribution < -0.4 is 5.32 Å². The number of hydrogen-bond acceptors (Lipinski definition) is 5. The van der Waals surface area contributed by atoms with E-state index in [1.54, 1.807) is 25.3 Å². The zero-order chi connectivity index (χ0) is 24.5. The summed E-state index contributed by atoms with van der Waals surface area (Å²) in [5, 5.41) is 4.01. The number of rotatable bonds is 9. The van der Waals surface area contributed by atoms with Gasteiger partial charge in [0.2, 0.25) is 15.9 Å². The number of carbonyl (C=O) groups excluding carboxylic acids is 1. The Morgan fingerprint density at radius 3 is 2.62 bits per heavy atom. The number of aromatic nitrogens is 3. The van der Waals surface area contributed by atoms with Gasteiger partial charge >= 0.3 is 0 Å². The maximum Gasteiger partial charge on any atom is 0.242 e. The number of methoxy groups -OCH3 is 1. The molecule has 0 spiro atoms. The number of carbonyl (C=O) groups is 1. The van der Waals surface area contributed by atoms with Crippen LogP contribution in [-0.2, 0) is 39.6 Å². The highest BCUT2D eigenvalue weighted by atomic mass is 32.2. The molecule has 2 aromatic heterocycles. The molecule has 9 nitrogen and oxygen atoms in total. The second-order valence-corrected chi connectivity index (χ2v) is 10.5. The molecule has 0 aliphatic rings. The van der Waals surface area contributed by atoms with Gasteiger partial charge in [-0.2, -0.15) is 0 Å². The summed E-state index contributed by atoms with van der Waals surface area (Å²) in [5.41, 5.74) is 3.23. The zero-order valence-electron chi connectivity index (χ0n) is 19.8. The summed E-state index contributed by atoms with van der Waals surface area (Å²) in [4.78, 5) is 17.4. The van der Waals surface area contributed by atoms with Crippen molar-refractivity contribution in [1.82, 2.24) is 18.4 Å². The van der Waals surface area contributed by atoms with E-state index in [1.165, 1.54) is 18.4 Å². The second kappa shape index (κ2) is 9.57. The molecule has 34 heavy (non-hydrogen) atoms. The van der Waals surface area contributed by atoms with Gasteiger partial charge in [0, 0.05) is 70.4 Å². The average Bonchev–Trinajstić information content (AvgIpc) is 3.35. The first-order chi connectivity index (χ1) is 16.2. The van der Waals surface area contributed by atoms with Crippen LogP contribution in [0.3, 0.4) is 0 Å². The van der Waals surface area contributed by atoms with Crippen LogP contribution in [0.1, 0.15) is 12.2 Å². The molecule has 0 bridgehead atoms. The molecule has 0 saturated heterocycles. The fraction of sp³-hybridized carbons (Fsp3) is 0.333. The number of amides is 1. The average molecular weight is 484 g/mol. The third-order valence-electron chi connectivity index (χ3n) is 5.89. The van der Waals surface area contributed by atoms with E-state index in [0.29, 0.717) is 18.5 Å². The molecule has 0 aliphatic heterocycles.